The van der Waals surface area contributed by atoms with Gasteiger partial charge in [0.25, 0.3) is 11.8 Å². The van der Waals surface area contributed by atoms with Crippen molar-refractivity contribution in [3.8, 4) is 5.75 Å². The third-order valence-electron chi connectivity index (χ3n) is 3.79. The maximum atomic E-state index is 12.6. The Kier molecular flexibility index (Phi) is 6.30. The molecule has 2 aromatic rings. The summed E-state index contributed by atoms with van der Waals surface area (Å²) < 4.78 is 1.39. The molecule has 0 atom stereocenters. The highest BCUT2D eigenvalue weighted by Crippen LogP contribution is 2.32. The number of carbonyl (C=O) groups is 2. The third kappa shape index (κ3) is 4.77. The second-order valence-corrected chi connectivity index (χ2v) is 8.25. The van der Waals surface area contributed by atoms with E-state index in [-0.39, 0.29) is 30.3 Å². The number of carbonyl (C=O) groups excluding carboxylic acids is 2. The monoisotopic (exact) mass is 462 g/mol. The van der Waals surface area contributed by atoms with E-state index in [0.29, 0.717) is 9.23 Å². The fraction of sp³-hybridized carbons (Fsp3) is 0.105. The van der Waals surface area contributed by atoms with E-state index in [1.165, 1.54) is 28.8 Å². The van der Waals surface area contributed by atoms with Crippen molar-refractivity contribution in [1.82, 2.24) is 10.2 Å². The molecular weight excluding hydrogens is 448 g/mol. The Morgan fingerprint density at radius 1 is 1.26 bits per heavy atom. The van der Waals surface area contributed by atoms with Gasteiger partial charge in [0.2, 0.25) is 0 Å². The number of hydrogen-bond donors (Lipinski definition) is 2. The summed E-state index contributed by atoms with van der Waals surface area (Å²) in [5.41, 5.74) is 1.09. The number of phenols is 1. The number of rotatable bonds is 5. The van der Waals surface area contributed by atoms with Crippen molar-refractivity contribution in [2.24, 2.45) is 0 Å². The lowest BCUT2D eigenvalue weighted by molar-refractivity contribution is -0.122. The molecule has 0 unspecified atom stereocenters. The zero-order valence-corrected chi connectivity index (χ0v) is 17.2. The van der Waals surface area contributed by atoms with Crippen LogP contribution in [0.25, 0.3) is 6.08 Å². The zero-order valence-electron chi connectivity index (χ0n) is 14.0. The second kappa shape index (κ2) is 8.69. The van der Waals surface area contributed by atoms with Crippen molar-refractivity contribution in [2.75, 3.05) is 13.1 Å². The van der Waals surface area contributed by atoms with Crippen molar-refractivity contribution in [3.05, 3.63) is 69.0 Å². The van der Waals surface area contributed by atoms with Crippen LogP contribution < -0.4 is 5.32 Å². The first-order valence-electron chi connectivity index (χ1n) is 8.03. The van der Waals surface area contributed by atoms with Crippen LogP contribution in [0.1, 0.15) is 15.9 Å². The topological polar surface area (TPSA) is 69.6 Å². The van der Waals surface area contributed by atoms with Crippen molar-refractivity contribution in [1.29, 1.82) is 0 Å². The zero-order chi connectivity index (χ0) is 19.4. The summed E-state index contributed by atoms with van der Waals surface area (Å²) >= 11 is 9.94. The number of hydrogen-bond acceptors (Lipinski definition) is 5. The van der Waals surface area contributed by atoms with Gasteiger partial charge in [-0.1, -0.05) is 64.2 Å². The van der Waals surface area contributed by atoms with E-state index in [9.17, 15) is 14.7 Å². The molecule has 8 heteroatoms. The molecule has 0 saturated carbocycles. The lowest BCUT2D eigenvalue weighted by Crippen LogP contribution is -2.37. The molecule has 0 bridgehead atoms. The molecule has 1 saturated heterocycles. The number of halogens is 1. The predicted molar refractivity (Wildman–Crippen MR) is 114 cm³/mol. The summed E-state index contributed by atoms with van der Waals surface area (Å²) in [7, 11) is 0. The summed E-state index contributed by atoms with van der Waals surface area (Å²) in [5.74, 6) is -0.664. The molecular formula is C19H15BrN2O3S2. The van der Waals surface area contributed by atoms with Gasteiger partial charge in [-0.2, -0.15) is 0 Å². The first kappa shape index (κ1) is 19.6. The van der Waals surface area contributed by atoms with Crippen LogP contribution in [0.15, 0.2) is 57.9 Å². The molecule has 0 aliphatic carbocycles. The fourth-order valence-corrected chi connectivity index (χ4v) is 4.21. The van der Waals surface area contributed by atoms with Gasteiger partial charge in [-0.25, -0.2) is 0 Å². The number of para-hydroxylation sites is 1. The van der Waals surface area contributed by atoms with Crippen LogP contribution in [-0.2, 0) is 4.79 Å². The first-order valence-corrected chi connectivity index (χ1v) is 10.0. The second-order valence-electron chi connectivity index (χ2n) is 5.66. The normalized spacial score (nSPS) is 15.4. The van der Waals surface area contributed by atoms with Crippen LogP contribution in [0.4, 0.5) is 0 Å². The van der Waals surface area contributed by atoms with Crippen molar-refractivity contribution < 1.29 is 14.7 Å². The van der Waals surface area contributed by atoms with Gasteiger partial charge in [0.05, 0.1) is 10.5 Å². The number of thioether (sulfide) groups is 1. The molecule has 1 heterocycles. The Hall–Kier alpha value is -2.16. The number of thiocarbonyl (C=S) groups is 1. The van der Waals surface area contributed by atoms with Crippen LogP contribution in [0.2, 0.25) is 0 Å². The van der Waals surface area contributed by atoms with Crippen molar-refractivity contribution in [3.63, 3.8) is 0 Å². The van der Waals surface area contributed by atoms with Crippen LogP contribution in [0, 0.1) is 0 Å². The van der Waals surface area contributed by atoms with Crippen molar-refractivity contribution in [2.45, 2.75) is 0 Å². The number of aromatic hydroxyl groups is 1. The van der Waals surface area contributed by atoms with Crippen LogP contribution in [0.3, 0.4) is 0 Å². The van der Waals surface area contributed by atoms with E-state index in [1.54, 1.807) is 18.2 Å². The van der Waals surface area contributed by atoms with Gasteiger partial charge in [0, 0.05) is 17.6 Å². The molecule has 138 valence electrons. The van der Waals surface area contributed by atoms with E-state index in [2.05, 4.69) is 21.2 Å². The quantitative estimate of drug-likeness (QED) is 0.522. The lowest BCUT2D eigenvalue weighted by atomic mass is 10.2. The highest BCUT2D eigenvalue weighted by Gasteiger charge is 2.31. The van der Waals surface area contributed by atoms with E-state index in [1.807, 2.05) is 24.3 Å². The van der Waals surface area contributed by atoms with E-state index in [0.717, 1.165) is 10.0 Å². The Morgan fingerprint density at radius 2 is 2.04 bits per heavy atom. The minimum absolute atomic E-state index is 0.0856. The van der Waals surface area contributed by atoms with Crippen LogP contribution in [-0.4, -0.2) is 39.2 Å². The summed E-state index contributed by atoms with van der Waals surface area (Å²) in [6, 6.07) is 13.9. The highest BCUT2D eigenvalue weighted by atomic mass is 79.9. The number of phenolic OH excluding ortho intramolecular Hbond substituents is 1. The van der Waals surface area contributed by atoms with Gasteiger partial charge in [-0.3, -0.25) is 14.5 Å². The maximum Gasteiger partial charge on any atom is 0.266 e. The molecule has 5 nitrogen and oxygen atoms in total. The molecule has 0 spiro atoms. The van der Waals surface area contributed by atoms with Gasteiger partial charge < -0.3 is 10.4 Å². The molecule has 2 aromatic carbocycles. The summed E-state index contributed by atoms with van der Waals surface area (Å²) in [6.07, 6.45) is 1.80. The van der Waals surface area contributed by atoms with E-state index < -0.39 is 5.91 Å². The Labute approximate surface area is 174 Å². The van der Waals surface area contributed by atoms with Gasteiger partial charge in [-0.15, -0.1) is 0 Å². The minimum atomic E-state index is -0.400. The largest absolute Gasteiger partial charge is 0.507 e. The fourth-order valence-electron chi connectivity index (χ4n) is 2.48. The molecule has 27 heavy (non-hydrogen) atoms. The molecule has 1 aliphatic rings. The number of amides is 2. The average molecular weight is 463 g/mol. The molecule has 2 N–H and O–H groups in total. The van der Waals surface area contributed by atoms with E-state index in [4.69, 9.17) is 12.2 Å². The predicted octanol–water partition coefficient (Wildman–Crippen LogP) is 3.79. The molecule has 1 aliphatic heterocycles. The number of nitrogens with one attached hydrogen (secondary N) is 1. The highest BCUT2D eigenvalue weighted by molar-refractivity contribution is 9.10. The van der Waals surface area contributed by atoms with Gasteiger partial charge in [0.1, 0.15) is 10.1 Å². The smallest absolute Gasteiger partial charge is 0.266 e. The van der Waals surface area contributed by atoms with Gasteiger partial charge >= 0.3 is 0 Å². The Morgan fingerprint density at radius 3 is 2.78 bits per heavy atom. The summed E-state index contributed by atoms with van der Waals surface area (Å²) in [4.78, 5) is 26.7. The lowest BCUT2D eigenvalue weighted by Gasteiger charge is -2.15. The molecule has 0 radical (unpaired) electrons. The third-order valence-corrected chi connectivity index (χ3v) is 5.66. The molecule has 0 aromatic heterocycles. The van der Waals surface area contributed by atoms with E-state index >= 15 is 0 Å². The maximum absolute atomic E-state index is 12.6. The average Bonchev–Trinajstić information content (AvgIpc) is 2.89. The van der Waals surface area contributed by atoms with Crippen LogP contribution >= 0.6 is 39.9 Å². The standard InChI is InChI=1S/C19H15BrN2O3S2/c20-13-5-3-4-12(10-13)11-16-18(25)22(19(26)27-16)9-8-21-17(24)14-6-1-2-7-15(14)23/h1-7,10-11,23H,8-9H2,(H,21,24). The van der Waals surface area contributed by atoms with Crippen molar-refractivity contribution >= 4 is 62.1 Å². The SMILES string of the molecule is O=C(NCCN1C(=O)C(=Cc2cccc(Br)c2)SC1=S)c1ccccc1O. The number of nitrogens with zero attached hydrogens (tertiary/aromatic N) is 1. The first-order chi connectivity index (χ1) is 13.0. The molecule has 2 amide bonds. The summed E-state index contributed by atoms with van der Waals surface area (Å²) in [6.45, 7) is 0.490. The molecule has 1 fully saturated rings. The Bertz CT molecular complexity index is 946. The minimum Gasteiger partial charge on any atom is -0.507 e. The van der Waals surface area contributed by atoms with Gasteiger partial charge in [0.15, 0.2) is 0 Å². The number of benzene rings is 2. The Balaban J connectivity index is 1.61. The van der Waals surface area contributed by atoms with Crippen LogP contribution in [0.5, 0.6) is 5.75 Å². The van der Waals surface area contributed by atoms with Gasteiger partial charge in [-0.05, 0) is 35.9 Å². The summed E-state index contributed by atoms with van der Waals surface area (Å²) in [5, 5.41) is 12.4. The molecule has 3 rings (SSSR count).